The smallest absolute Gasteiger partial charge is 0.320 e. The number of halogens is 4. The normalized spacial score (nSPS) is 13.3. The van der Waals surface area contributed by atoms with Crippen molar-refractivity contribution in [2.24, 2.45) is 0 Å². The molecule has 1 aliphatic rings. The first-order chi connectivity index (χ1) is 15.1. The molecule has 1 aromatic heterocycles. The lowest BCUT2D eigenvalue weighted by Crippen LogP contribution is -2.47. The van der Waals surface area contributed by atoms with Crippen LogP contribution in [-0.2, 0) is 11.5 Å². The Kier molecular flexibility index (Phi) is 14.5. The van der Waals surface area contributed by atoms with Gasteiger partial charge in [-0.15, -0.1) is 49.6 Å². The molecule has 4 rings (SSSR count). The van der Waals surface area contributed by atoms with Crippen LogP contribution in [0.3, 0.4) is 0 Å². The number of nitrogens with zero attached hydrogens (tertiary/aromatic N) is 3. The first-order valence-electron chi connectivity index (χ1n) is 10.4. The van der Waals surface area contributed by atoms with E-state index in [1.807, 2.05) is 6.07 Å². The Morgan fingerprint density at radius 3 is 2.23 bits per heavy atom. The molecule has 0 spiro atoms. The summed E-state index contributed by atoms with van der Waals surface area (Å²) in [5.74, 6) is 0.150. The number of likely N-dealkylation sites (tertiary alicyclic amines) is 1. The summed E-state index contributed by atoms with van der Waals surface area (Å²) in [6, 6.07) is 16.8. The lowest BCUT2D eigenvalue weighted by atomic mass is 9.89. The summed E-state index contributed by atoms with van der Waals surface area (Å²) in [6.07, 6.45) is 3.35. The highest BCUT2D eigenvalue weighted by molar-refractivity contribution is 5.95. The van der Waals surface area contributed by atoms with Crippen LogP contribution in [0.2, 0.25) is 0 Å². The summed E-state index contributed by atoms with van der Waals surface area (Å²) in [5.41, 5.74) is 1.68. The molecule has 2 N–H and O–H groups in total. The van der Waals surface area contributed by atoms with E-state index < -0.39 is 6.03 Å². The number of carbonyl (C=O) groups excluding carboxylic acids is 2. The van der Waals surface area contributed by atoms with E-state index in [1.165, 1.54) is 16.5 Å². The Labute approximate surface area is 228 Å². The van der Waals surface area contributed by atoms with Gasteiger partial charge in [0.1, 0.15) is 6.67 Å². The Morgan fingerprint density at radius 1 is 0.914 bits per heavy atom. The zero-order valence-corrected chi connectivity index (χ0v) is 22.1. The van der Waals surface area contributed by atoms with Crippen molar-refractivity contribution in [1.29, 1.82) is 0 Å². The molecule has 3 aromatic rings. The van der Waals surface area contributed by atoms with Crippen LogP contribution in [0.15, 0.2) is 65.7 Å². The van der Waals surface area contributed by atoms with Crippen molar-refractivity contribution in [3.8, 4) is 0 Å². The first-order valence-corrected chi connectivity index (χ1v) is 10.4. The molecule has 0 bridgehead atoms. The van der Waals surface area contributed by atoms with Crippen LogP contribution in [0.4, 0.5) is 4.79 Å². The number of urea groups is 1. The van der Waals surface area contributed by atoms with Crippen molar-refractivity contribution in [1.82, 2.24) is 25.1 Å². The fourth-order valence-corrected chi connectivity index (χ4v) is 3.94. The number of imide groups is 1. The number of fused-ring (bicyclic) bond motifs is 1. The zero-order chi connectivity index (χ0) is 21.6. The molecule has 8 nitrogen and oxygen atoms in total. The van der Waals surface area contributed by atoms with Gasteiger partial charge in [-0.1, -0.05) is 42.5 Å². The number of carbonyl (C=O) groups is 2. The van der Waals surface area contributed by atoms with Gasteiger partial charge in [-0.25, -0.2) is 9.78 Å². The van der Waals surface area contributed by atoms with Gasteiger partial charge >= 0.3 is 6.03 Å². The number of aromatic nitrogens is 2. The molecule has 35 heavy (non-hydrogen) atoms. The molecular weight excluding hydrogens is 536 g/mol. The molecule has 2 aromatic carbocycles. The van der Waals surface area contributed by atoms with E-state index in [0.717, 1.165) is 25.9 Å². The minimum Gasteiger partial charge on any atom is -0.320 e. The molecule has 0 unspecified atom stereocenters. The standard InChI is InChI=1S/C23H25N5O3.4ClH/c29-21(14-27-12-10-18(11-13-27)17-6-2-1-3-7-17)26-23(31)25-16-28-15-24-20-9-5-4-8-19(20)22(28)30;;;;/h1-9,15,18H,10-14,16H2,(H2,25,26,29,31);4*1H. The second kappa shape index (κ2) is 15.6. The Bertz CT molecular complexity index is 1140. The van der Waals surface area contributed by atoms with Gasteiger partial charge in [0.05, 0.1) is 23.8 Å². The van der Waals surface area contributed by atoms with E-state index in [0.29, 0.717) is 16.8 Å². The molecule has 1 aliphatic heterocycles. The summed E-state index contributed by atoms with van der Waals surface area (Å²) in [6.45, 7) is 1.73. The van der Waals surface area contributed by atoms with E-state index in [2.05, 4.69) is 44.8 Å². The van der Waals surface area contributed by atoms with Crippen LogP contribution in [0, 0.1) is 0 Å². The molecule has 0 saturated carbocycles. The molecule has 1 saturated heterocycles. The Hall–Kier alpha value is -2.36. The van der Waals surface area contributed by atoms with Gasteiger partial charge in [0.25, 0.3) is 5.56 Å². The number of para-hydroxylation sites is 1. The minimum atomic E-state index is -0.635. The molecular formula is C23H29Cl4N5O3. The van der Waals surface area contributed by atoms with Crippen LogP contribution >= 0.6 is 49.6 Å². The van der Waals surface area contributed by atoms with Crippen molar-refractivity contribution in [2.45, 2.75) is 25.4 Å². The highest BCUT2D eigenvalue weighted by atomic mass is 35.5. The third kappa shape index (κ3) is 8.66. The first kappa shape index (κ1) is 32.6. The Morgan fingerprint density at radius 2 is 1.54 bits per heavy atom. The summed E-state index contributed by atoms with van der Waals surface area (Å²) in [5, 5.41) is 5.34. The van der Waals surface area contributed by atoms with Gasteiger partial charge in [-0.05, 0) is 49.5 Å². The lowest BCUT2D eigenvalue weighted by molar-refractivity contribution is -0.121. The predicted octanol–water partition coefficient (Wildman–Crippen LogP) is 3.75. The predicted molar refractivity (Wildman–Crippen MR) is 147 cm³/mol. The van der Waals surface area contributed by atoms with E-state index >= 15 is 0 Å². The maximum atomic E-state index is 12.4. The third-order valence-electron chi connectivity index (χ3n) is 5.62. The molecule has 2 heterocycles. The largest absolute Gasteiger partial charge is 0.322 e. The number of nitrogens with one attached hydrogen (secondary N) is 2. The van der Waals surface area contributed by atoms with E-state index in [9.17, 15) is 14.4 Å². The van der Waals surface area contributed by atoms with Crippen LogP contribution in [-0.4, -0.2) is 46.0 Å². The number of hydrogen-bond acceptors (Lipinski definition) is 5. The topological polar surface area (TPSA) is 96.3 Å². The van der Waals surface area contributed by atoms with Gasteiger partial charge in [0.15, 0.2) is 0 Å². The molecule has 1 fully saturated rings. The summed E-state index contributed by atoms with van der Waals surface area (Å²) in [4.78, 5) is 43.0. The second-order valence-electron chi connectivity index (χ2n) is 7.71. The number of hydrogen-bond donors (Lipinski definition) is 2. The van der Waals surface area contributed by atoms with Gasteiger partial charge in [-0.2, -0.15) is 0 Å². The number of piperidine rings is 1. The van der Waals surface area contributed by atoms with Crippen molar-refractivity contribution in [3.63, 3.8) is 0 Å². The van der Waals surface area contributed by atoms with Crippen LogP contribution < -0.4 is 16.2 Å². The number of amides is 3. The zero-order valence-electron chi connectivity index (χ0n) is 18.8. The van der Waals surface area contributed by atoms with Gasteiger partial charge in [0, 0.05) is 0 Å². The third-order valence-corrected chi connectivity index (χ3v) is 5.62. The van der Waals surface area contributed by atoms with Crippen molar-refractivity contribution >= 4 is 72.5 Å². The molecule has 3 amide bonds. The van der Waals surface area contributed by atoms with E-state index in [-0.39, 0.29) is 74.3 Å². The molecule has 0 atom stereocenters. The monoisotopic (exact) mass is 563 g/mol. The summed E-state index contributed by atoms with van der Waals surface area (Å²) >= 11 is 0. The van der Waals surface area contributed by atoms with Gasteiger partial charge in [0.2, 0.25) is 5.91 Å². The average molecular weight is 565 g/mol. The van der Waals surface area contributed by atoms with Crippen molar-refractivity contribution in [3.05, 3.63) is 76.8 Å². The molecule has 192 valence electrons. The highest BCUT2D eigenvalue weighted by Crippen LogP contribution is 2.27. The summed E-state index contributed by atoms with van der Waals surface area (Å²) < 4.78 is 1.29. The number of rotatable bonds is 5. The lowest BCUT2D eigenvalue weighted by Gasteiger charge is -2.31. The SMILES string of the molecule is Cl.Cl.Cl.Cl.O=C(CN1CCC(c2ccccc2)CC1)NC(=O)NCn1cnc2ccccc2c1=O. The Balaban J connectivity index is 0.00000289. The van der Waals surface area contributed by atoms with Crippen molar-refractivity contribution in [2.75, 3.05) is 19.6 Å². The average Bonchev–Trinajstić information content (AvgIpc) is 2.80. The van der Waals surface area contributed by atoms with Crippen LogP contribution in [0.25, 0.3) is 10.9 Å². The maximum Gasteiger partial charge on any atom is 0.322 e. The van der Waals surface area contributed by atoms with Crippen LogP contribution in [0.1, 0.15) is 24.3 Å². The quantitative estimate of drug-likeness (QED) is 0.492. The second-order valence-corrected chi connectivity index (χ2v) is 7.71. The molecule has 12 heteroatoms. The van der Waals surface area contributed by atoms with Gasteiger partial charge < -0.3 is 5.32 Å². The molecule has 0 radical (unpaired) electrons. The fraction of sp³-hybridized carbons (Fsp3) is 0.304. The van der Waals surface area contributed by atoms with Crippen molar-refractivity contribution < 1.29 is 9.59 Å². The fourth-order valence-electron chi connectivity index (χ4n) is 3.94. The summed E-state index contributed by atoms with van der Waals surface area (Å²) in [7, 11) is 0. The highest BCUT2D eigenvalue weighted by Gasteiger charge is 2.22. The maximum absolute atomic E-state index is 12.4. The minimum absolute atomic E-state index is 0. The van der Waals surface area contributed by atoms with E-state index in [4.69, 9.17) is 0 Å². The number of benzene rings is 2. The van der Waals surface area contributed by atoms with E-state index in [1.54, 1.807) is 24.3 Å². The van der Waals surface area contributed by atoms with Gasteiger partial charge in [-0.3, -0.25) is 24.4 Å². The van der Waals surface area contributed by atoms with Crippen LogP contribution in [0.5, 0.6) is 0 Å². The molecule has 0 aliphatic carbocycles.